The Labute approximate surface area is 150 Å². The first-order valence-electron chi connectivity index (χ1n) is 8.99. The molecular weight excluding hydrogens is 315 g/mol. The highest BCUT2D eigenvalue weighted by molar-refractivity contribution is 5.76. The second-order valence-electron chi connectivity index (χ2n) is 5.91. The summed E-state index contributed by atoms with van der Waals surface area (Å²) in [7, 11) is 0. The van der Waals surface area contributed by atoms with Gasteiger partial charge in [-0.05, 0) is 64.1 Å². The van der Waals surface area contributed by atoms with Crippen molar-refractivity contribution in [2.45, 2.75) is 27.7 Å². The Balaban J connectivity index is 2.25. The lowest BCUT2D eigenvalue weighted by molar-refractivity contribution is 0.632. The Hall–Kier alpha value is -2.43. The molecule has 4 nitrogen and oxygen atoms in total. The number of anilines is 5. The third-order valence-electron chi connectivity index (χ3n) is 4.50. The van der Waals surface area contributed by atoms with Crippen molar-refractivity contribution in [3.8, 4) is 0 Å². The summed E-state index contributed by atoms with van der Waals surface area (Å²) in [6.45, 7) is 11.9. The molecular formula is C20H29FN4. The molecule has 2 aromatic carbocycles. The molecule has 0 aliphatic rings. The first kappa shape index (κ1) is 18.9. The molecule has 0 unspecified atom stereocenters. The van der Waals surface area contributed by atoms with Crippen LogP contribution in [0.5, 0.6) is 0 Å². The fourth-order valence-electron chi connectivity index (χ4n) is 3.01. The van der Waals surface area contributed by atoms with Crippen molar-refractivity contribution in [1.29, 1.82) is 0 Å². The molecule has 0 atom stereocenters. The van der Waals surface area contributed by atoms with Gasteiger partial charge in [0.1, 0.15) is 5.82 Å². The molecule has 0 saturated heterocycles. The zero-order valence-corrected chi connectivity index (χ0v) is 15.6. The molecule has 2 aromatic rings. The van der Waals surface area contributed by atoms with E-state index < -0.39 is 5.82 Å². The van der Waals surface area contributed by atoms with E-state index in [1.807, 2.05) is 36.9 Å². The van der Waals surface area contributed by atoms with E-state index in [0.717, 1.165) is 37.6 Å². The van der Waals surface area contributed by atoms with Gasteiger partial charge >= 0.3 is 0 Å². The van der Waals surface area contributed by atoms with Crippen molar-refractivity contribution in [1.82, 2.24) is 0 Å². The number of rotatable bonds is 8. The van der Waals surface area contributed by atoms with Gasteiger partial charge in [-0.15, -0.1) is 0 Å². The van der Waals surface area contributed by atoms with Gasteiger partial charge in [-0.25, -0.2) is 4.39 Å². The minimum Gasteiger partial charge on any atom is -0.395 e. The highest BCUT2D eigenvalue weighted by atomic mass is 19.1. The van der Waals surface area contributed by atoms with Gasteiger partial charge in [0.15, 0.2) is 0 Å². The number of benzene rings is 2. The van der Waals surface area contributed by atoms with Gasteiger partial charge in [-0.1, -0.05) is 0 Å². The SMILES string of the molecule is CCN(CC)c1ccc(Nc2cc(F)c(N)c(N(CC)CC)c2)cc1. The van der Waals surface area contributed by atoms with Crippen molar-refractivity contribution in [3.05, 3.63) is 42.2 Å². The van der Waals surface area contributed by atoms with Gasteiger partial charge < -0.3 is 20.9 Å². The maximum absolute atomic E-state index is 14.2. The lowest BCUT2D eigenvalue weighted by Gasteiger charge is -2.24. The average Bonchev–Trinajstić information content (AvgIpc) is 2.62. The fraction of sp³-hybridized carbons (Fsp3) is 0.400. The van der Waals surface area contributed by atoms with Gasteiger partial charge in [0.25, 0.3) is 0 Å². The molecule has 3 N–H and O–H groups in total. The van der Waals surface area contributed by atoms with Crippen LogP contribution in [0.2, 0.25) is 0 Å². The predicted molar refractivity (Wildman–Crippen MR) is 108 cm³/mol. The normalized spacial score (nSPS) is 10.6. The first-order chi connectivity index (χ1) is 12.0. The van der Waals surface area contributed by atoms with Gasteiger partial charge in [0, 0.05) is 43.2 Å². The van der Waals surface area contributed by atoms with Crippen molar-refractivity contribution >= 4 is 28.4 Å². The second-order valence-corrected chi connectivity index (χ2v) is 5.91. The third kappa shape index (κ3) is 4.35. The van der Waals surface area contributed by atoms with Gasteiger partial charge in [-0.3, -0.25) is 0 Å². The molecule has 2 rings (SSSR count). The van der Waals surface area contributed by atoms with Crippen LogP contribution < -0.4 is 20.9 Å². The Bertz CT molecular complexity index is 677. The van der Waals surface area contributed by atoms with Crippen LogP contribution >= 0.6 is 0 Å². The van der Waals surface area contributed by atoms with Gasteiger partial charge in [0.2, 0.25) is 0 Å². The summed E-state index contributed by atoms with van der Waals surface area (Å²) in [6.07, 6.45) is 0. The molecule has 0 saturated carbocycles. The Kier molecular flexibility index (Phi) is 6.51. The molecule has 0 bridgehead atoms. The molecule has 0 fully saturated rings. The molecule has 0 aliphatic carbocycles. The van der Waals surface area contributed by atoms with Crippen molar-refractivity contribution in [2.24, 2.45) is 0 Å². The van der Waals surface area contributed by atoms with Crippen LogP contribution in [-0.2, 0) is 0 Å². The molecule has 136 valence electrons. The standard InChI is InChI=1S/C20H29FN4/c1-5-24(6-2)17-11-9-15(10-12-17)23-16-13-18(21)20(22)19(14-16)25(7-3)8-4/h9-14,23H,5-8,22H2,1-4H3. The molecule has 5 heteroatoms. The van der Waals surface area contributed by atoms with E-state index in [1.165, 1.54) is 11.8 Å². The van der Waals surface area contributed by atoms with E-state index in [-0.39, 0.29) is 5.69 Å². The average molecular weight is 344 g/mol. The van der Waals surface area contributed by atoms with Crippen molar-refractivity contribution in [3.63, 3.8) is 0 Å². The van der Waals surface area contributed by atoms with Crippen LogP contribution in [-0.4, -0.2) is 26.2 Å². The zero-order valence-electron chi connectivity index (χ0n) is 15.6. The maximum Gasteiger partial charge on any atom is 0.150 e. The lowest BCUT2D eigenvalue weighted by atomic mass is 10.2. The summed E-state index contributed by atoms with van der Waals surface area (Å²) in [5.74, 6) is -0.397. The Morgan fingerprint density at radius 2 is 1.40 bits per heavy atom. The van der Waals surface area contributed by atoms with E-state index in [1.54, 1.807) is 0 Å². The van der Waals surface area contributed by atoms with Crippen molar-refractivity contribution in [2.75, 3.05) is 47.0 Å². The summed E-state index contributed by atoms with van der Waals surface area (Å²) in [5.41, 5.74) is 9.66. The highest BCUT2D eigenvalue weighted by Crippen LogP contribution is 2.31. The summed E-state index contributed by atoms with van der Waals surface area (Å²) < 4.78 is 14.2. The van der Waals surface area contributed by atoms with Crippen LogP contribution in [0.4, 0.5) is 32.8 Å². The largest absolute Gasteiger partial charge is 0.395 e. The number of halogens is 1. The number of nitrogen functional groups attached to an aromatic ring is 1. The maximum atomic E-state index is 14.2. The number of nitrogens with two attached hydrogens (primary N) is 1. The molecule has 0 amide bonds. The minimum atomic E-state index is -0.397. The molecule has 0 aromatic heterocycles. The van der Waals surface area contributed by atoms with Crippen LogP contribution in [0, 0.1) is 5.82 Å². The Morgan fingerprint density at radius 3 is 1.92 bits per heavy atom. The lowest BCUT2D eigenvalue weighted by Crippen LogP contribution is -2.23. The summed E-state index contributed by atoms with van der Waals surface area (Å²) in [5, 5.41) is 3.28. The van der Waals surface area contributed by atoms with Crippen LogP contribution in [0.15, 0.2) is 36.4 Å². The summed E-state index contributed by atoms with van der Waals surface area (Å²) in [4.78, 5) is 4.33. The van der Waals surface area contributed by atoms with E-state index in [0.29, 0.717) is 5.69 Å². The number of hydrogen-bond donors (Lipinski definition) is 2. The fourth-order valence-corrected chi connectivity index (χ4v) is 3.01. The molecule has 0 radical (unpaired) electrons. The monoisotopic (exact) mass is 344 g/mol. The second kappa shape index (κ2) is 8.60. The van der Waals surface area contributed by atoms with Crippen LogP contribution in [0.1, 0.15) is 27.7 Å². The smallest absolute Gasteiger partial charge is 0.150 e. The quantitative estimate of drug-likeness (QED) is 0.672. The van der Waals surface area contributed by atoms with E-state index in [2.05, 4.69) is 36.2 Å². The summed E-state index contributed by atoms with van der Waals surface area (Å²) in [6, 6.07) is 11.5. The number of nitrogens with one attached hydrogen (secondary N) is 1. The molecule has 25 heavy (non-hydrogen) atoms. The third-order valence-corrected chi connectivity index (χ3v) is 4.50. The number of hydrogen-bond acceptors (Lipinski definition) is 4. The van der Waals surface area contributed by atoms with E-state index in [4.69, 9.17) is 5.73 Å². The van der Waals surface area contributed by atoms with Gasteiger partial charge in [0.05, 0.1) is 11.4 Å². The number of nitrogens with zero attached hydrogens (tertiary/aromatic N) is 2. The molecule has 0 aliphatic heterocycles. The van der Waals surface area contributed by atoms with Crippen LogP contribution in [0.3, 0.4) is 0 Å². The zero-order chi connectivity index (χ0) is 18.4. The van der Waals surface area contributed by atoms with Crippen LogP contribution in [0.25, 0.3) is 0 Å². The summed E-state index contributed by atoms with van der Waals surface area (Å²) >= 11 is 0. The molecule has 0 heterocycles. The van der Waals surface area contributed by atoms with Crippen molar-refractivity contribution < 1.29 is 4.39 Å². The highest BCUT2D eigenvalue weighted by Gasteiger charge is 2.13. The predicted octanol–water partition coefficient (Wildman–Crippen LogP) is 4.84. The minimum absolute atomic E-state index is 0.200. The first-order valence-corrected chi connectivity index (χ1v) is 8.99. The Morgan fingerprint density at radius 1 is 0.840 bits per heavy atom. The molecule has 0 spiro atoms. The topological polar surface area (TPSA) is 44.5 Å². The van der Waals surface area contributed by atoms with E-state index >= 15 is 0 Å². The van der Waals surface area contributed by atoms with Gasteiger partial charge in [-0.2, -0.15) is 0 Å². The van der Waals surface area contributed by atoms with E-state index in [9.17, 15) is 4.39 Å².